The molecule has 2 aromatic rings. The van der Waals surface area contributed by atoms with Crippen LogP contribution in [0.4, 0.5) is 11.4 Å². The number of phenolic OH excluding ortho intramolecular Hbond substituents is 1. The van der Waals surface area contributed by atoms with Crippen LogP contribution in [0.15, 0.2) is 30.3 Å². The summed E-state index contributed by atoms with van der Waals surface area (Å²) in [4.78, 5) is 0. The van der Waals surface area contributed by atoms with Crippen LogP contribution in [-0.4, -0.2) is 12.2 Å². The molecule has 0 bridgehead atoms. The molecule has 0 atom stereocenters. The minimum absolute atomic E-state index is 0.300. The van der Waals surface area contributed by atoms with Gasteiger partial charge in [-0.3, -0.25) is 5.01 Å². The maximum Gasteiger partial charge on any atom is 0.125 e. The van der Waals surface area contributed by atoms with Crippen LogP contribution in [0.3, 0.4) is 0 Å². The lowest BCUT2D eigenvalue weighted by Crippen LogP contribution is -2.31. The molecule has 0 amide bonds. The van der Waals surface area contributed by atoms with Gasteiger partial charge < -0.3 is 10.5 Å². The Bertz CT molecular complexity index is 539. The average Bonchev–Trinajstić information content (AvgIpc) is 2.61. The van der Waals surface area contributed by atoms with Crippen molar-refractivity contribution in [3.8, 4) is 5.75 Å². The van der Waals surface area contributed by atoms with Gasteiger partial charge in [-0.1, -0.05) is 24.3 Å². The number of hydrogen-bond donors (Lipinski definition) is 3. The van der Waals surface area contributed by atoms with Gasteiger partial charge in [0, 0.05) is 23.9 Å². The highest BCUT2D eigenvalue weighted by Crippen LogP contribution is 2.40. The molecule has 1 aliphatic heterocycles. The van der Waals surface area contributed by atoms with E-state index in [0.717, 1.165) is 22.1 Å². The standard InChI is InChI=1S/C11H11N3O/c1-14-11-8-5-3-2-4-7(8)10(15)6-9(11)12-13-14/h2-6,12-13,15H,1H3. The molecule has 1 heterocycles. The Balaban J connectivity index is 2.45. The van der Waals surface area contributed by atoms with E-state index in [2.05, 4.69) is 11.0 Å². The van der Waals surface area contributed by atoms with Crippen LogP contribution < -0.4 is 16.0 Å². The van der Waals surface area contributed by atoms with Gasteiger partial charge in [-0.2, -0.15) is 0 Å². The van der Waals surface area contributed by atoms with Gasteiger partial charge in [-0.25, -0.2) is 0 Å². The smallest absolute Gasteiger partial charge is 0.125 e. The molecule has 0 fully saturated rings. The number of fused-ring (bicyclic) bond motifs is 3. The molecule has 15 heavy (non-hydrogen) atoms. The normalized spacial score (nSPS) is 14.1. The zero-order valence-electron chi connectivity index (χ0n) is 8.28. The summed E-state index contributed by atoms with van der Waals surface area (Å²) in [5, 5.41) is 13.6. The molecule has 4 nitrogen and oxygen atoms in total. The third-order valence-corrected chi connectivity index (χ3v) is 2.69. The van der Waals surface area contributed by atoms with E-state index in [9.17, 15) is 5.11 Å². The van der Waals surface area contributed by atoms with E-state index in [0.29, 0.717) is 5.75 Å². The number of hydrogen-bond acceptors (Lipinski definition) is 4. The highest BCUT2D eigenvalue weighted by molar-refractivity contribution is 6.04. The SMILES string of the molecule is CN1NNc2cc(O)c3ccccc3c21. The summed E-state index contributed by atoms with van der Waals surface area (Å²) in [5.41, 5.74) is 7.93. The van der Waals surface area contributed by atoms with E-state index in [1.807, 2.05) is 36.3 Å². The summed E-state index contributed by atoms with van der Waals surface area (Å²) in [6.45, 7) is 0. The Labute approximate surface area is 87.1 Å². The first kappa shape index (κ1) is 8.38. The zero-order chi connectivity index (χ0) is 10.4. The quantitative estimate of drug-likeness (QED) is 0.608. The van der Waals surface area contributed by atoms with Crippen LogP contribution >= 0.6 is 0 Å². The number of nitrogens with zero attached hydrogens (tertiary/aromatic N) is 1. The van der Waals surface area contributed by atoms with Gasteiger partial charge in [-0.15, -0.1) is 5.53 Å². The van der Waals surface area contributed by atoms with Crippen molar-refractivity contribution < 1.29 is 5.11 Å². The Morgan fingerprint density at radius 1 is 1.20 bits per heavy atom. The first-order valence-electron chi connectivity index (χ1n) is 4.77. The molecule has 0 radical (unpaired) electrons. The number of anilines is 2. The van der Waals surface area contributed by atoms with Crippen LogP contribution in [-0.2, 0) is 0 Å². The monoisotopic (exact) mass is 201 g/mol. The Hall–Kier alpha value is -1.94. The van der Waals surface area contributed by atoms with Gasteiger partial charge in [0.25, 0.3) is 0 Å². The molecule has 0 saturated heterocycles. The molecule has 0 saturated carbocycles. The maximum atomic E-state index is 9.84. The lowest BCUT2D eigenvalue weighted by atomic mass is 10.1. The number of rotatable bonds is 0. The lowest BCUT2D eigenvalue weighted by molar-refractivity contribution is 0.482. The van der Waals surface area contributed by atoms with Crippen LogP contribution in [0.5, 0.6) is 5.75 Å². The van der Waals surface area contributed by atoms with Crippen LogP contribution in [0, 0.1) is 0 Å². The van der Waals surface area contributed by atoms with Gasteiger partial charge >= 0.3 is 0 Å². The largest absolute Gasteiger partial charge is 0.507 e. The number of benzene rings is 2. The highest BCUT2D eigenvalue weighted by atomic mass is 16.3. The molecular weight excluding hydrogens is 190 g/mol. The minimum Gasteiger partial charge on any atom is -0.507 e. The minimum atomic E-state index is 0.300. The van der Waals surface area contributed by atoms with Crippen molar-refractivity contribution in [2.24, 2.45) is 0 Å². The molecule has 1 aliphatic rings. The predicted octanol–water partition coefficient (Wildman–Crippen LogP) is 1.83. The van der Waals surface area contributed by atoms with Gasteiger partial charge in [0.15, 0.2) is 0 Å². The second-order valence-electron chi connectivity index (χ2n) is 3.63. The maximum absolute atomic E-state index is 9.84. The highest BCUT2D eigenvalue weighted by Gasteiger charge is 2.19. The Morgan fingerprint density at radius 2 is 1.93 bits per heavy atom. The van der Waals surface area contributed by atoms with E-state index in [4.69, 9.17) is 0 Å². The number of aromatic hydroxyl groups is 1. The molecule has 76 valence electrons. The fourth-order valence-corrected chi connectivity index (χ4v) is 2.00. The first-order valence-corrected chi connectivity index (χ1v) is 4.77. The van der Waals surface area contributed by atoms with E-state index < -0.39 is 0 Å². The summed E-state index contributed by atoms with van der Waals surface area (Å²) < 4.78 is 0. The van der Waals surface area contributed by atoms with E-state index in [1.165, 1.54) is 0 Å². The second kappa shape index (κ2) is 2.77. The third kappa shape index (κ3) is 1.05. The Morgan fingerprint density at radius 3 is 2.73 bits per heavy atom. The van der Waals surface area contributed by atoms with E-state index >= 15 is 0 Å². The van der Waals surface area contributed by atoms with Crippen molar-refractivity contribution in [1.29, 1.82) is 0 Å². The summed E-state index contributed by atoms with van der Waals surface area (Å²) in [5.74, 6) is 0.300. The van der Waals surface area contributed by atoms with Gasteiger partial charge in [0.1, 0.15) is 5.75 Å². The van der Waals surface area contributed by atoms with E-state index in [1.54, 1.807) is 6.07 Å². The fraction of sp³-hybridized carbons (Fsp3) is 0.0909. The molecule has 0 aliphatic carbocycles. The number of hydrazine groups is 2. The molecule has 4 heteroatoms. The summed E-state index contributed by atoms with van der Waals surface area (Å²) >= 11 is 0. The van der Waals surface area contributed by atoms with Crippen LogP contribution in [0.25, 0.3) is 10.8 Å². The summed E-state index contributed by atoms with van der Waals surface area (Å²) in [6.07, 6.45) is 0. The molecule has 3 N–H and O–H groups in total. The molecule has 0 spiro atoms. The third-order valence-electron chi connectivity index (χ3n) is 2.69. The van der Waals surface area contributed by atoms with Gasteiger partial charge in [-0.05, 0) is 0 Å². The molecular formula is C11H11N3O. The van der Waals surface area contributed by atoms with Crippen LogP contribution in [0.2, 0.25) is 0 Å². The molecule has 3 rings (SSSR count). The van der Waals surface area contributed by atoms with Crippen molar-refractivity contribution in [2.45, 2.75) is 0 Å². The fourth-order valence-electron chi connectivity index (χ4n) is 2.00. The summed E-state index contributed by atoms with van der Waals surface area (Å²) in [6, 6.07) is 9.53. The van der Waals surface area contributed by atoms with Gasteiger partial charge in [0.2, 0.25) is 0 Å². The second-order valence-corrected chi connectivity index (χ2v) is 3.63. The van der Waals surface area contributed by atoms with Crippen molar-refractivity contribution in [3.63, 3.8) is 0 Å². The van der Waals surface area contributed by atoms with Crippen molar-refractivity contribution in [3.05, 3.63) is 30.3 Å². The molecule has 0 aromatic heterocycles. The topological polar surface area (TPSA) is 47.5 Å². The van der Waals surface area contributed by atoms with Crippen molar-refractivity contribution in [1.82, 2.24) is 5.53 Å². The lowest BCUT2D eigenvalue weighted by Gasteiger charge is -2.12. The molecule has 2 aromatic carbocycles. The number of phenols is 1. The van der Waals surface area contributed by atoms with E-state index in [-0.39, 0.29) is 0 Å². The predicted molar refractivity (Wildman–Crippen MR) is 60.8 cm³/mol. The Kier molecular flexibility index (Phi) is 1.55. The van der Waals surface area contributed by atoms with Crippen LogP contribution in [0.1, 0.15) is 0 Å². The summed E-state index contributed by atoms with van der Waals surface area (Å²) in [7, 11) is 1.93. The molecule has 0 unspecified atom stereocenters. The van der Waals surface area contributed by atoms with Crippen molar-refractivity contribution in [2.75, 3.05) is 17.5 Å². The number of nitrogens with one attached hydrogen (secondary N) is 2. The average molecular weight is 201 g/mol. The zero-order valence-corrected chi connectivity index (χ0v) is 8.28. The first-order chi connectivity index (χ1) is 7.27. The van der Waals surface area contributed by atoms with Crippen molar-refractivity contribution >= 4 is 22.1 Å². The van der Waals surface area contributed by atoms with Gasteiger partial charge in [0.05, 0.1) is 11.4 Å².